The minimum atomic E-state index is -4.58. The van der Waals surface area contributed by atoms with E-state index in [1.165, 1.54) is 20.4 Å². The van der Waals surface area contributed by atoms with E-state index in [0.29, 0.717) is 18.5 Å². The molecule has 130 valence electrons. The third kappa shape index (κ3) is 3.99. The lowest BCUT2D eigenvalue weighted by Gasteiger charge is -2.25. The quantitative estimate of drug-likeness (QED) is 0.609. The van der Waals surface area contributed by atoms with Gasteiger partial charge in [0.25, 0.3) is 0 Å². The number of ether oxygens (including phenoxy) is 2. The summed E-state index contributed by atoms with van der Waals surface area (Å²) in [6.45, 7) is 2.49. The molecule has 0 N–H and O–H groups in total. The summed E-state index contributed by atoms with van der Waals surface area (Å²) in [4.78, 5) is 5.72. The van der Waals surface area contributed by atoms with E-state index in [1.807, 2.05) is 4.90 Å². The van der Waals surface area contributed by atoms with Gasteiger partial charge in [0.15, 0.2) is 0 Å². The monoisotopic (exact) mass is 336 g/mol. The molecule has 0 aromatic carbocycles. The van der Waals surface area contributed by atoms with Gasteiger partial charge in [0, 0.05) is 39.5 Å². The molecule has 23 heavy (non-hydrogen) atoms. The highest BCUT2D eigenvalue weighted by Crippen LogP contribution is 2.37. The molecular formula is C15H20F4N2O2. The molecule has 0 amide bonds. The minimum absolute atomic E-state index is 0.225. The first kappa shape index (κ1) is 18.1. The van der Waals surface area contributed by atoms with E-state index in [4.69, 9.17) is 9.47 Å². The fourth-order valence-electron chi connectivity index (χ4n) is 2.76. The average molecular weight is 336 g/mol. The highest BCUT2D eigenvalue weighted by molar-refractivity contribution is 5.30. The molecule has 0 aliphatic carbocycles. The van der Waals surface area contributed by atoms with Gasteiger partial charge >= 0.3 is 6.18 Å². The summed E-state index contributed by atoms with van der Waals surface area (Å²) in [5.41, 5.74) is -0.823. The summed E-state index contributed by atoms with van der Waals surface area (Å²) in [7, 11) is 2.50. The predicted molar refractivity (Wildman–Crippen MR) is 75.5 cm³/mol. The third-order valence-corrected chi connectivity index (χ3v) is 4.09. The van der Waals surface area contributed by atoms with Gasteiger partial charge in [-0.25, -0.2) is 4.39 Å². The summed E-state index contributed by atoms with van der Waals surface area (Å²) >= 11 is 0. The smallest absolute Gasteiger partial charge is 0.350 e. The van der Waals surface area contributed by atoms with Crippen molar-refractivity contribution >= 4 is 0 Å². The van der Waals surface area contributed by atoms with Gasteiger partial charge in [-0.1, -0.05) is 0 Å². The highest BCUT2D eigenvalue weighted by Gasteiger charge is 2.38. The number of hydrogen-bond acceptors (Lipinski definition) is 4. The number of hydrogen-bond donors (Lipinski definition) is 0. The molecule has 1 aliphatic heterocycles. The first-order valence-electron chi connectivity index (χ1n) is 7.28. The fourth-order valence-corrected chi connectivity index (χ4v) is 2.76. The van der Waals surface area contributed by atoms with Crippen LogP contribution in [0.15, 0.2) is 12.3 Å². The number of rotatable bonds is 5. The van der Waals surface area contributed by atoms with Crippen LogP contribution in [-0.2, 0) is 15.7 Å². The Morgan fingerprint density at radius 2 is 1.96 bits per heavy atom. The van der Waals surface area contributed by atoms with E-state index < -0.39 is 24.2 Å². The molecule has 1 fully saturated rings. The molecule has 1 aromatic rings. The summed E-state index contributed by atoms with van der Waals surface area (Å²) in [6.07, 6.45) is -4.94. The van der Waals surface area contributed by atoms with E-state index in [-0.39, 0.29) is 18.3 Å². The maximum absolute atomic E-state index is 13.3. The van der Waals surface area contributed by atoms with E-state index in [0.717, 1.165) is 6.07 Å². The standard InChI is InChI=1S/C15H20F4N2O2/c1-9(21-5-4-11(16)8-21)10-6-12(15(17,18)19)13(20-7-10)14(22-2)23-3/h6-7,9,11,14H,4-5,8H2,1-3H3/t9?,11-/m0/s1. The second-order valence-corrected chi connectivity index (χ2v) is 5.56. The Hall–Kier alpha value is -1.25. The van der Waals surface area contributed by atoms with Gasteiger partial charge in [0.05, 0.1) is 5.56 Å². The zero-order valence-corrected chi connectivity index (χ0v) is 13.2. The summed E-state index contributed by atoms with van der Waals surface area (Å²) in [6, 6.07) is 0.700. The van der Waals surface area contributed by atoms with Crippen LogP contribution in [-0.4, -0.2) is 43.4 Å². The number of pyridine rings is 1. The third-order valence-electron chi connectivity index (χ3n) is 4.09. The lowest BCUT2D eigenvalue weighted by Crippen LogP contribution is -2.26. The number of likely N-dealkylation sites (tertiary alicyclic amines) is 1. The molecule has 0 spiro atoms. The largest absolute Gasteiger partial charge is 0.418 e. The second-order valence-electron chi connectivity index (χ2n) is 5.56. The van der Waals surface area contributed by atoms with E-state index >= 15 is 0 Å². The number of alkyl halides is 4. The second kappa shape index (κ2) is 7.11. The van der Waals surface area contributed by atoms with Crippen molar-refractivity contribution in [3.8, 4) is 0 Å². The Balaban J connectivity index is 2.36. The first-order chi connectivity index (χ1) is 10.8. The summed E-state index contributed by atoms with van der Waals surface area (Å²) in [5, 5.41) is 0. The van der Waals surface area contributed by atoms with Crippen molar-refractivity contribution in [3.05, 3.63) is 29.1 Å². The van der Waals surface area contributed by atoms with Gasteiger partial charge in [0.2, 0.25) is 6.29 Å². The van der Waals surface area contributed by atoms with Crippen LogP contribution in [0.2, 0.25) is 0 Å². The Morgan fingerprint density at radius 1 is 1.30 bits per heavy atom. The topological polar surface area (TPSA) is 34.6 Å². The van der Waals surface area contributed by atoms with E-state index in [1.54, 1.807) is 6.92 Å². The van der Waals surface area contributed by atoms with Crippen LogP contribution >= 0.6 is 0 Å². The predicted octanol–water partition coefficient (Wildman–Crippen LogP) is 3.50. The van der Waals surface area contributed by atoms with Gasteiger partial charge in [-0.15, -0.1) is 0 Å². The van der Waals surface area contributed by atoms with Crippen LogP contribution in [0, 0.1) is 0 Å². The number of halogens is 4. The van der Waals surface area contributed by atoms with Gasteiger partial charge in [-0.3, -0.25) is 9.88 Å². The fraction of sp³-hybridized carbons (Fsp3) is 0.667. The number of methoxy groups -OCH3 is 2. The molecule has 2 rings (SSSR count). The molecule has 2 heterocycles. The van der Waals surface area contributed by atoms with Gasteiger partial charge in [0.1, 0.15) is 11.9 Å². The minimum Gasteiger partial charge on any atom is -0.350 e. The van der Waals surface area contributed by atoms with Crippen molar-refractivity contribution in [1.82, 2.24) is 9.88 Å². The summed E-state index contributed by atoms with van der Waals surface area (Å²) < 4.78 is 63.1. The van der Waals surface area contributed by atoms with Crippen molar-refractivity contribution in [2.75, 3.05) is 27.3 Å². The molecule has 0 radical (unpaired) electrons. The lowest BCUT2D eigenvalue weighted by atomic mass is 10.0. The molecule has 0 saturated carbocycles. The van der Waals surface area contributed by atoms with Gasteiger partial charge < -0.3 is 9.47 Å². The maximum Gasteiger partial charge on any atom is 0.418 e. The Kier molecular flexibility index (Phi) is 5.59. The molecule has 4 nitrogen and oxygen atoms in total. The van der Waals surface area contributed by atoms with Crippen LogP contribution in [0.3, 0.4) is 0 Å². The molecule has 0 bridgehead atoms. The molecular weight excluding hydrogens is 316 g/mol. The van der Waals surface area contributed by atoms with Crippen LogP contribution in [0.1, 0.15) is 42.5 Å². The Morgan fingerprint density at radius 3 is 2.43 bits per heavy atom. The zero-order valence-electron chi connectivity index (χ0n) is 13.2. The van der Waals surface area contributed by atoms with Crippen molar-refractivity contribution in [3.63, 3.8) is 0 Å². The first-order valence-corrected chi connectivity index (χ1v) is 7.28. The van der Waals surface area contributed by atoms with Crippen molar-refractivity contribution < 1.29 is 27.0 Å². The Labute approximate surface area is 132 Å². The van der Waals surface area contributed by atoms with Crippen molar-refractivity contribution in [1.29, 1.82) is 0 Å². The van der Waals surface area contributed by atoms with Crippen molar-refractivity contribution in [2.45, 2.75) is 38.0 Å². The molecule has 1 saturated heterocycles. The van der Waals surface area contributed by atoms with Crippen LogP contribution < -0.4 is 0 Å². The highest BCUT2D eigenvalue weighted by atomic mass is 19.4. The molecule has 1 unspecified atom stereocenters. The van der Waals surface area contributed by atoms with Gasteiger partial charge in [-0.05, 0) is 25.0 Å². The average Bonchev–Trinajstić information content (AvgIpc) is 2.93. The Bertz CT molecular complexity index is 535. The molecule has 1 aromatic heterocycles. The lowest BCUT2D eigenvalue weighted by molar-refractivity contribution is -0.149. The molecule has 8 heteroatoms. The zero-order chi connectivity index (χ0) is 17.2. The van der Waals surface area contributed by atoms with Crippen LogP contribution in [0.4, 0.5) is 17.6 Å². The molecule has 2 atom stereocenters. The van der Waals surface area contributed by atoms with E-state index in [9.17, 15) is 17.6 Å². The molecule has 1 aliphatic rings. The summed E-state index contributed by atoms with van der Waals surface area (Å²) in [5.74, 6) is 0. The SMILES string of the molecule is COC(OC)c1ncc(C(C)N2CC[C@H](F)C2)cc1C(F)(F)F. The maximum atomic E-state index is 13.3. The van der Waals surface area contributed by atoms with Crippen LogP contribution in [0.25, 0.3) is 0 Å². The van der Waals surface area contributed by atoms with E-state index in [2.05, 4.69) is 4.98 Å². The van der Waals surface area contributed by atoms with Gasteiger partial charge in [-0.2, -0.15) is 13.2 Å². The van der Waals surface area contributed by atoms with Crippen LogP contribution in [0.5, 0.6) is 0 Å². The number of nitrogens with zero attached hydrogens (tertiary/aromatic N) is 2. The normalized spacial score (nSPS) is 21.1. The number of aromatic nitrogens is 1. The van der Waals surface area contributed by atoms with Crippen molar-refractivity contribution in [2.24, 2.45) is 0 Å².